The molecular weight excluding hydrogens is 222 g/mol. The van der Waals surface area contributed by atoms with Gasteiger partial charge in [-0.15, -0.1) is 0 Å². The molecule has 0 spiro atoms. The Morgan fingerprint density at radius 1 is 1.44 bits per heavy atom. The summed E-state index contributed by atoms with van der Waals surface area (Å²) < 4.78 is 1.98. The molecule has 3 atom stereocenters. The lowest BCUT2D eigenvalue weighted by molar-refractivity contribution is 0.182. The van der Waals surface area contributed by atoms with Crippen LogP contribution in [-0.2, 0) is 13.5 Å². The maximum Gasteiger partial charge on any atom is 0.0492 e. The maximum absolute atomic E-state index is 6.30. The van der Waals surface area contributed by atoms with Crippen molar-refractivity contribution >= 4 is 0 Å². The lowest BCUT2D eigenvalue weighted by Gasteiger charge is -2.36. The fourth-order valence-corrected chi connectivity index (χ4v) is 3.24. The van der Waals surface area contributed by atoms with E-state index in [1.165, 1.54) is 31.4 Å². The van der Waals surface area contributed by atoms with Gasteiger partial charge in [0.15, 0.2) is 0 Å². The average Bonchev–Trinajstić information content (AvgIpc) is 2.73. The van der Waals surface area contributed by atoms with Crippen molar-refractivity contribution in [1.29, 1.82) is 0 Å². The number of aryl methyl sites for hydroxylation is 2. The highest BCUT2D eigenvalue weighted by molar-refractivity contribution is 5.00. The van der Waals surface area contributed by atoms with E-state index >= 15 is 0 Å². The van der Waals surface area contributed by atoms with Crippen molar-refractivity contribution in [3.8, 4) is 0 Å². The van der Waals surface area contributed by atoms with Crippen LogP contribution < -0.4 is 5.73 Å². The molecule has 2 N–H and O–H groups in total. The second-order valence-corrected chi connectivity index (χ2v) is 6.23. The van der Waals surface area contributed by atoms with Crippen LogP contribution in [0.2, 0.25) is 0 Å². The van der Waals surface area contributed by atoms with Gasteiger partial charge < -0.3 is 5.73 Å². The molecule has 0 aliphatic heterocycles. The minimum absolute atomic E-state index is 0.410. The Bertz CT molecular complexity index is 370. The number of rotatable bonds is 4. The first kappa shape index (κ1) is 13.6. The molecule has 1 aliphatic rings. The van der Waals surface area contributed by atoms with E-state index in [-0.39, 0.29) is 0 Å². The van der Waals surface area contributed by atoms with Gasteiger partial charge in [0, 0.05) is 25.0 Å². The standard InChI is InChI=1S/C15H27N3/c1-11(2)12-5-7-15(16)13(10-12)4-6-14-8-9-17-18(14)3/h8-9,11-13,15H,4-7,10,16H2,1-3H3. The SMILES string of the molecule is CC(C)C1CCC(N)C(CCc2ccnn2C)C1. The predicted molar refractivity (Wildman–Crippen MR) is 75.2 cm³/mol. The molecule has 102 valence electrons. The molecule has 1 saturated carbocycles. The van der Waals surface area contributed by atoms with Gasteiger partial charge in [0.2, 0.25) is 0 Å². The number of nitrogens with zero attached hydrogens (tertiary/aromatic N) is 2. The van der Waals surface area contributed by atoms with Crippen molar-refractivity contribution < 1.29 is 0 Å². The smallest absolute Gasteiger partial charge is 0.0492 e. The van der Waals surface area contributed by atoms with Crippen LogP contribution in [0.5, 0.6) is 0 Å². The van der Waals surface area contributed by atoms with Crippen molar-refractivity contribution in [3.05, 3.63) is 18.0 Å². The van der Waals surface area contributed by atoms with Gasteiger partial charge >= 0.3 is 0 Å². The van der Waals surface area contributed by atoms with Crippen LogP contribution in [0.3, 0.4) is 0 Å². The Kier molecular flexibility index (Phi) is 4.44. The normalized spacial score (nSPS) is 28.8. The zero-order valence-electron chi connectivity index (χ0n) is 12.0. The minimum atomic E-state index is 0.410. The summed E-state index contributed by atoms with van der Waals surface area (Å²) in [6.07, 6.45) is 8.05. The molecule has 3 nitrogen and oxygen atoms in total. The van der Waals surface area contributed by atoms with Gasteiger partial charge in [0.25, 0.3) is 0 Å². The molecule has 0 bridgehead atoms. The average molecular weight is 249 g/mol. The summed E-state index contributed by atoms with van der Waals surface area (Å²) in [4.78, 5) is 0. The lowest BCUT2D eigenvalue weighted by Crippen LogP contribution is -2.37. The number of aromatic nitrogens is 2. The topological polar surface area (TPSA) is 43.8 Å². The highest BCUT2D eigenvalue weighted by Gasteiger charge is 2.29. The van der Waals surface area contributed by atoms with Gasteiger partial charge in [0.05, 0.1) is 0 Å². The Hall–Kier alpha value is -0.830. The zero-order valence-corrected chi connectivity index (χ0v) is 12.0. The van der Waals surface area contributed by atoms with Gasteiger partial charge in [-0.3, -0.25) is 4.68 Å². The molecule has 0 aromatic carbocycles. The molecule has 18 heavy (non-hydrogen) atoms. The maximum atomic E-state index is 6.30. The Morgan fingerprint density at radius 2 is 2.22 bits per heavy atom. The van der Waals surface area contributed by atoms with Crippen molar-refractivity contribution in [3.63, 3.8) is 0 Å². The van der Waals surface area contributed by atoms with Crippen molar-refractivity contribution in [2.75, 3.05) is 0 Å². The molecular formula is C15H27N3. The molecule has 0 saturated heterocycles. The van der Waals surface area contributed by atoms with Crippen LogP contribution in [-0.4, -0.2) is 15.8 Å². The first-order valence-corrected chi connectivity index (χ1v) is 7.30. The van der Waals surface area contributed by atoms with Crippen LogP contribution in [0, 0.1) is 17.8 Å². The molecule has 1 fully saturated rings. The van der Waals surface area contributed by atoms with Crippen LogP contribution in [0.4, 0.5) is 0 Å². The van der Waals surface area contributed by atoms with E-state index in [0.29, 0.717) is 12.0 Å². The van der Waals surface area contributed by atoms with Crippen molar-refractivity contribution in [1.82, 2.24) is 9.78 Å². The van der Waals surface area contributed by atoms with Gasteiger partial charge in [-0.2, -0.15) is 5.10 Å². The van der Waals surface area contributed by atoms with E-state index in [1.807, 2.05) is 17.9 Å². The largest absolute Gasteiger partial charge is 0.327 e. The Morgan fingerprint density at radius 3 is 2.83 bits per heavy atom. The van der Waals surface area contributed by atoms with Crippen LogP contribution >= 0.6 is 0 Å². The molecule has 3 heteroatoms. The summed E-state index contributed by atoms with van der Waals surface area (Å²) in [7, 11) is 2.02. The summed E-state index contributed by atoms with van der Waals surface area (Å²) in [6, 6.07) is 2.53. The highest BCUT2D eigenvalue weighted by Crippen LogP contribution is 2.35. The van der Waals surface area contributed by atoms with Gasteiger partial charge in [-0.25, -0.2) is 0 Å². The van der Waals surface area contributed by atoms with E-state index in [0.717, 1.165) is 18.3 Å². The number of hydrogen-bond donors (Lipinski definition) is 1. The summed E-state index contributed by atoms with van der Waals surface area (Å²) in [5.74, 6) is 2.37. The number of hydrogen-bond acceptors (Lipinski definition) is 2. The van der Waals surface area contributed by atoms with Crippen LogP contribution in [0.15, 0.2) is 12.3 Å². The fraction of sp³-hybridized carbons (Fsp3) is 0.800. The molecule has 1 aliphatic carbocycles. The van der Waals surface area contributed by atoms with Crippen LogP contribution in [0.1, 0.15) is 45.2 Å². The quantitative estimate of drug-likeness (QED) is 0.891. The molecule has 1 heterocycles. The molecule has 3 unspecified atom stereocenters. The van der Waals surface area contributed by atoms with Gasteiger partial charge in [0.1, 0.15) is 0 Å². The molecule has 1 aromatic rings. The molecule has 0 radical (unpaired) electrons. The highest BCUT2D eigenvalue weighted by atomic mass is 15.2. The van der Waals surface area contributed by atoms with E-state index in [4.69, 9.17) is 5.73 Å². The predicted octanol–water partition coefficient (Wildman–Crippen LogP) is 2.75. The van der Waals surface area contributed by atoms with E-state index in [1.54, 1.807) is 0 Å². The third-order valence-electron chi connectivity index (χ3n) is 4.72. The number of nitrogens with two attached hydrogens (primary N) is 1. The zero-order chi connectivity index (χ0) is 13.1. The van der Waals surface area contributed by atoms with Crippen molar-refractivity contribution in [2.24, 2.45) is 30.5 Å². The van der Waals surface area contributed by atoms with Crippen LogP contribution in [0.25, 0.3) is 0 Å². The third-order valence-corrected chi connectivity index (χ3v) is 4.72. The second-order valence-electron chi connectivity index (χ2n) is 6.23. The van der Waals surface area contributed by atoms with Gasteiger partial charge in [-0.05, 0) is 55.9 Å². The first-order valence-electron chi connectivity index (χ1n) is 7.30. The molecule has 1 aromatic heterocycles. The third kappa shape index (κ3) is 3.14. The lowest BCUT2D eigenvalue weighted by atomic mass is 9.72. The summed E-state index contributed by atoms with van der Waals surface area (Å²) in [5, 5.41) is 4.23. The minimum Gasteiger partial charge on any atom is -0.327 e. The molecule has 2 rings (SSSR count). The van der Waals surface area contributed by atoms with Gasteiger partial charge in [-0.1, -0.05) is 13.8 Å². The van der Waals surface area contributed by atoms with Crippen molar-refractivity contribution in [2.45, 2.75) is 52.0 Å². The van der Waals surface area contributed by atoms with E-state index in [9.17, 15) is 0 Å². The first-order chi connectivity index (χ1) is 8.58. The summed E-state index contributed by atoms with van der Waals surface area (Å²) in [5.41, 5.74) is 7.62. The van der Waals surface area contributed by atoms with E-state index in [2.05, 4.69) is 25.0 Å². The Labute approximate surface area is 111 Å². The monoisotopic (exact) mass is 249 g/mol. The Balaban J connectivity index is 1.89. The fourth-order valence-electron chi connectivity index (χ4n) is 3.24. The summed E-state index contributed by atoms with van der Waals surface area (Å²) in [6.45, 7) is 4.69. The van der Waals surface area contributed by atoms with E-state index < -0.39 is 0 Å². The summed E-state index contributed by atoms with van der Waals surface area (Å²) >= 11 is 0. The second kappa shape index (κ2) is 5.87. The molecule has 0 amide bonds.